The Balaban J connectivity index is 1.93. The molecule has 1 aliphatic heterocycles. The van der Waals surface area contributed by atoms with Crippen molar-refractivity contribution in [1.29, 1.82) is 0 Å². The number of halogens is 1. The van der Waals surface area contributed by atoms with Gasteiger partial charge in [-0.3, -0.25) is 10.1 Å². The highest BCUT2D eigenvalue weighted by Gasteiger charge is 2.50. The van der Waals surface area contributed by atoms with Crippen molar-refractivity contribution in [3.8, 4) is 0 Å². The fraction of sp³-hybridized carbons (Fsp3) is 0.562. The van der Waals surface area contributed by atoms with Gasteiger partial charge in [-0.05, 0) is 36.0 Å². The maximum Gasteiger partial charge on any atom is 0.241 e. The predicted molar refractivity (Wildman–Crippen MR) is 80.4 cm³/mol. The van der Waals surface area contributed by atoms with Crippen LogP contribution in [-0.2, 0) is 4.79 Å². The van der Waals surface area contributed by atoms with Crippen molar-refractivity contribution in [3.05, 3.63) is 34.9 Å². The van der Waals surface area contributed by atoms with Crippen LogP contribution in [0.1, 0.15) is 38.9 Å². The van der Waals surface area contributed by atoms with E-state index < -0.39 is 0 Å². The van der Waals surface area contributed by atoms with Gasteiger partial charge in [0.25, 0.3) is 0 Å². The summed E-state index contributed by atoms with van der Waals surface area (Å²) in [5.74, 6) is 1.14. The number of carbonyl (C=O) groups excluding carboxylic acids is 1. The largest absolute Gasteiger partial charge is 0.318 e. The van der Waals surface area contributed by atoms with E-state index in [1.165, 1.54) is 0 Å². The SMILES string of the molecule is CC(C)C1NC(c2cccc(Cl)c2)N(C2CC2C)C1=O. The first kappa shape index (κ1) is 13.9. The summed E-state index contributed by atoms with van der Waals surface area (Å²) in [6.07, 6.45) is 1.07. The zero-order valence-electron chi connectivity index (χ0n) is 12.1. The predicted octanol–water partition coefficient (Wildman–Crippen LogP) is 3.20. The van der Waals surface area contributed by atoms with Crippen LogP contribution >= 0.6 is 11.6 Å². The van der Waals surface area contributed by atoms with Crippen LogP contribution in [0.25, 0.3) is 0 Å². The minimum atomic E-state index is -0.0909. The molecule has 0 bridgehead atoms. The Morgan fingerprint density at radius 3 is 2.65 bits per heavy atom. The fourth-order valence-corrected chi connectivity index (χ4v) is 3.26. The number of carbonyl (C=O) groups is 1. The van der Waals surface area contributed by atoms with E-state index >= 15 is 0 Å². The van der Waals surface area contributed by atoms with Gasteiger partial charge in [-0.2, -0.15) is 0 Å². The number of hydrogen-bond donors (Lipinski definition) is 1. The monoisotopic (exact) mass is 292 g/mol. The number of hydrogen-bond acceptors (Lipinski definition) is 2. The Labute approximate surface area is 125 Å². The third-order valence-corrected chi connectivity index (χ3v) is 4.63. The molecule has 2 aliphatic rings. The molecule has 1 heterocycles. The van der Waals surface area contributed by atoms with Crippen LogP contribution < -0.4 is 5.32 Å². The minimum Gasteiger partial charge on any atom is -0.318 e. The lowest BCUT2D eigenvalue weighted by Gasteiger charge is -2.25. The van der Waals surface area contributed by atoms with Crippen LogP contribution in [0.4, 0.5) is 0 Å². The molecule has 3 rings (SSSR count). The third-order valence-electron chi connectivity index (χ3n) is 4.39. The van der Waals surface area contributed by atoms with Gasteiger partial charge in [-0.25, -0.2) is 0 Å². The van der Waals surface area contributed by atoms with Crippen molar-refractivity contribution in [1.82, 2.24) is 10.2 Å². The molecule has 0 radical (unpaired) electrons. The topological polar surface area (TPSA) is 32.3 Å². The number of amides is 1. The lowest BCUT2D eigenvalue weighted by molar-refractivity contribution is -0.131. The molecular weight excluding hydrogens is 272 g/mol. The molecule has 20 heavy (non-hydrogen) atoms. The maximum absolute atomic E-state index is 12.7. The van der Waals surface area contributed by atoms with Crippen LogP contribution in [0.5, 0.6) is 0 Å². The Bertz CT molecular complexity index is 531. The average Bonchev–Trinajstić information content (AvgIpc) is 2.98. The Morgan fingerprint density at radius 2 is 2.10 bits per heavy atom. The van der Waals surface area contributed by atoms with Crippen LogP contribution in [0.2, 0.25) is 5.02 Å². The highest BCUT2D eigenvalue weighted by atomic mass is 35.5. The van der Waals surface area contributed by atoms with E-state index in [9.17, 15) is 4.79 Å². The van der Waals surface area contributed by atoms with E-state index in [0.717, 1.165) is 12.0 Å². The fourth-order valence-electron chi connectivity index (χ4n) is 3.07. The van der Waals surface area contributed by atoms with Crippen molar-refractivity contribution in [2.45, 2.75) is 45.4 Å². The molecule has 1 saturated heterocycles. The first-order chi connectivity index (χ1) is 9.49. The summed E-state index contributed by atoms with van der Waals surface area (Å²) < 4.78 is 0. The molecule has 108 valence electrons. The normalized spacial score (nSPS) is 33.0. The summed E-state index contributed by atoms with van der Waals surface area (Å²) in [4.78, 5) is 14.7. The summed E-state index contributed by atoms with van der Waals surface area (Å²) in [7, 11) is 0. The molecule has 1 aromatic rings. The second-order valence-electron chi connectivity index (χ2n) is 6.37. The van der Waals surface area contributed by atoms with Gasteiger partial charge in [-0.15, -0.1) is 0 Å². The van der Waals surface area contributed by atoms with E-state index in [1.807, 2.05) is 29.2 Å². The van der Waals surface area contributed by atoms with Gasteiger partial charge in [0, 0.05) is 11.1 Å². The van der Waals surface area contributed by atoms with E-state index in [1.54, 1.807) is 0 Å². The molecule has 4 unspecified atom stereocenters. The minimum absolute atomic E-state index is 0.0384. The van der Waals surface area contributed by atoms with Crippen molar-refractivity contribution in [2.24, 2.45) is 11.8 Å². The van der Waals surface area contributed by atoms with Gasteiger partial charge >= 0.3 is 0 Å². The number of benzene rings is 1. The summed E-state index contributed by atoms with van der Waals surface area (Å²) in [6.45, 7) is 6.38. The molecule has 1 aliphatic carbocycles. The Morgan fingerprint density at radius 1 is 1.40 bits per heavy atom. The first-order valence-corrected chi connectivity index (χ1v) is 7.70. The quantitative estimate of drug-likeness (QED) is 0.928. The smallest absolute Gasteiger partial charge is 0.241 e. The molecular formula is C16H21ClN2O. The molecule has 0 spiro atoms. The lowest BCUT2D eigenvalue weighted by Crippen LogP contribution is -2.35. The lowest BCUT2D eigenvalue weighted by atomic mass is 10.1. The molecule has 1 amide bonds. The van der Waals surface area contributed by atoms with E-state index in [2.05, 4.69) is 26.1 Å². The summed E-state index contributed by atoms with van der Waals surface area (Å²) in [6, 6.07) is 8.09. The van der Waals surface area contributed by atoms with Gasteiger partial charge in [0.1, 0.15) is 6.17 Å². The Hall–Kier alpha value is -1.06. The van der Waals surface area contributed by atoms with Crippen LogP contribution in [0.3, 0.4) is 0 Å². The van der Waals surface area contributed by atoms with Gasteiger partial charge in [0.05, 0.1) is 6.04 Å². The molecule has 0 aromatic heterocycles. The number of nitrogens with zero attached hydrogens (tertiary/aromatic N) is 1. The second-order valence-corrected chi connectivity index (χ2v) is 6.81. The third kappa shape index (κ3) is 2.33. The molecule has 4 heteroatoms. The summed E-state index contributed by atoms with van der Waals surface area (Å²) >= 11 is 6.10. The van der Waals surface area contributed by atoms with Crippen LogP contribution in [0.15, 0.2) is 24.3 Å². The highest BCUT2D eigenvalue weighted by Crippen LogP contribution is 2.42. The maximum atomic E-state index is 12.7. The summed E-state index contributed by atoms with van der Waals surface area (Å²) in [5.41, 5.74) is 1.08. The van der Waals surface area contributed by atoms with Crippen molar-refractivity contribution in [3.63, 3.8) is 0 Å². The highest BCUT2D eigenvalue weighted by molar-refractivity contribution is 6.30. The summed E-state index contributed by atoms with van der Waals surface area (Å²) in [5, 5.41) is 4.21. The number of nitrogens with one attached hydrogen (secondary N) is 1. The number of rotatable bonds is 3. The first-order valence-electron chi connectivity index (χ1n) is 7.32. The zero-order valence-corrected chi connectivity index (χ0v) is 12.9. The zero-order chi connectivity index (χ0) is 14.4. The van der Waals surface area contributed by atoms with Gasteiger partial charge < -0.3 is 4.90 Å². The van der Waals surface area contributed by atoms with Gasteiger partial charge in [0.15, 0.2) is 0 Å². The van der Waals surface area contributed by atoms with Crippen LogP contribution in [-0.4, -0.2) is 22.9 Å². The Kier molecular flexibility index (Phi) is 3.51. The van der Waals surface area contributed by atoms with Gasteiger partial charge in [0.2, 0.25) is 5.91 Å². The standard InChI is InChI=1S/C16H21ClN2O/c1-9(2)14-16(20)19(13-7-10(13)3)15(18-14)11-5-4-6-12(17)8-11/h4-6,8-10,13-15,18H,7H2,1-3H3. The molecule has 1 aromatic carbocycles. The second kappa shape index (κ2) is 5.05. The molecule has 1 saturated carbocycles. The van der Waals surface area contributed by atoms with Crippen molar-refractivity contribution in [2.75, 3.05) is 0 Å². The van der Waals surface area contributed by atoms with Crippen LogP contribution in [0, 0.1) is 11.8 Å². The van der Waals surface area contributed by atoms with Crippen molar-refractivity contribution >= 4 is 17.5 Å². The van der Waals surface area contributed by atoms with E-state index in [0.29, 0.717) is 22.9 Å². The average molecular weight is 293 g/mol. The van der Waals surface area contributed by atoms with Crippen molar-refractivity contribution < 1.29 is 4.79 Å². The molecule has 4 atom stereocenters. The van der Waals surface area contributed by atoms with Gasteiger partial charge in [-0.1, -0.05) is 44.5 Å². The van der Waals surface area contributed by atoms with E-state index in [4.69, 9.17) is 11.6 Å². The molecule has 1 N–H and O–H groups in total. The molecule has 2 fully saturated rings. The molecule has 3 nitrogen and oxygen atoms in total. The van der Waals surface area contributed by atoms with E-state index in [-0.39, 0.29) is 18.1 Å².